The molecule has 2 rings (SSSR count). The van der Waals surface area contributed by atoms with E-state index in [4.69, 9.17) is 14.6 Å². The number of anilines is 1. The Morgan fingerprint density at radius 3 is 2.80 bits per heavy atom. The fraction of sp³-hybridized carbons (Fsp3) is 0.706. The van der Waals surface area contributed by atoms with E-state index in [9.17, 15) is 9.59 Å². The zero-order valence-electron chi connectivity index (χ0n) is 14.6. The Labute approximate surface area is 147 Å². The monoisotopic (exact) mass is 353 g/mol. The highest BCUT2D eigenvalue weighted by atomic mass is 16.7. The number of nitrogens with zero attached hydrogens (tertiary/aromatic N) is 2. The minimum absolute atomic E-state index is 0.138. The largest absolute Gasteiger partial charge is 0.391 e. The number of aliphatic hydroxyl groups excluding tert-OH is 1. The summed E-state index contributed by atoms with van der Waals surface area (Å²) in [5, 5.41) is 11.6. The summed E-state index contributed by atoms with van der Waals surface area (Å²) in [4.78, 5) is 27.8. The minimum Gasteiger partial charge on any atom is -0.391 e. The van der Waals surface area contributed by atoms with E-state index in [1.54, 1.807) is 6.07 Å². The maximum Gasteiger partial charge on any atom is 0.351 e. The van der Waals surface area contributed by atoms with Crippen LogP contribution in [0.4, 0.5) is 5.82 Å². The van der Waals surface area contributed by atoms with Crippen LogP contribution in [-0.4, -0.2) is 40.1 Å². The molecule has 0 aromatic carbocycles. The Balaban J connectivity index is 1.78. The van der Waals surface area contributed by atoms with Gasteiger partial charge in [-0.3, -0.25) is 9.36 Å². The summed E-state index contributed by atoms with van der Waals surface area (Å²) >= 11 is 0. The molecule has 2 atom stereocenters. The molecular formula is C17H27N3O5. The van der Waals surface area contributed by atoms with Crippen LogP contribution in [0.5, 0.6) is 0 Å². The molecule has 25 heavy (non-hydrogen) atoms. The number of ether oxygens (including phenoxy) is 2. The Morgan fingerprint density at radius 1 is 1.36 bits per heavy atom. The van der Waals surface area contributed by atoms with E-state index < -0.39 is 18.2 Å². The van der Waals surface area contributed by atoms with Gasteiger partial charge in [-0.15, -0.1) is 0 Å². The van der Waals surface area contributed by atoms with Gasteiger partial charge in [-0.2, -0.15) is 4.98 Å². The summed E-state index contributed by atoms with van der Waals surface area (Å²) < 4.78 is 11.8. The van der Waals surface area contributed by atoms with Gasteiger partial charge < -0.3 is 19.9 Å². The molecule has 8 nitrogen and oxygen atoms in total. The Bertz CT molecular complexity index is 604. The third-order valence-corrected chi connectivity index (χ3v) is 4.05. The molecule has 140 valence electrons. The summed E-state index contributed by atoms with van der Waals surface area (Å²) in [5.41, 5.74) is -0.537. The van der Waals surface area contributed by atoms with Crippen molar-refractivity contribution in [2.75, 3.05) is 18.5 Å². The predicted molar refractivity (Wildman–Crippen MR) is 92.1 cm³/mol. The number of aliphatic hydroxyl groups is 1. The Morgan fingerprint density at radius 2 is 2.12 bits per heavy atom. The summed E-state index contributed by atoms with van der Waals surface area (Å²) in [6, 6.07) is 1.55. The number of hydrogen-bond acceptors (Lipinski definition) is 6. The standard InChI is InChI=1S/C17H27N3O5/c1-2-3-4-5-6-7-8-14(22)18-13-9-10-20(17(23)19-13)15-12-24-16(11-21)25-15/h9-10,15-16,21H,2-8,11-12H2,1H3,(H,18,19,22,23)/t15-,16-/m0/s1. The normalized spacial score (nSPS) is 19.9. The molecule has 0 spiro atoms. The van der Waals surface area contributed by atoms with Gasteiger partial charge in [0.15, 0.2) is 12.5 Å². The first-order valence-electron chi connectivity index (χ1n) is 8.91. The second-order valence-electron chi connectivity index (χ2n) is 6.10. The molecule has 2 heterocycles. The maximum atomic E-state index is 12.1. The smallest absolute Gasteiger partial charge is 0.351 e. The number of rotatable bonds is 10. The van der Waals surface area contributed by atoms with E-state index >= 15 is 0 Å². The second kappa shape index (κ2) is 10.3. The summed E-state index contributed by atoms with van der Waals surface area (Å²) in [5.74, 6) is 0.0933. The summed E-state index contributed by atoms with van der Waals surface area (Å²) in [7, 11) is 0. The molecule has 1 aromatic heterocycles. The Hall–Kier alpha value is -1.77. The lowest BCUT2D eigenvalue weighted by molar-refractivity contribution is -0.116. The number of aromatic nitrogens is 2. The molecule has 0 unspecified atom stereocenters. The average Bonchev–Trinajstić information content (AvgIpc) is 3.07. The van der Waals surface area contributed by atoms with Crippen molar-refractivity contribution in [1.82, 2.24) is 9.55 Å². The summed E-state index contributed by atoms with van der Waals surface area (Å²) in [6.07, 6.45) is 7.25. The van der Waals surface area contributed by atoms with Crippen molar-refractivity contribution in [1.29, 1.82) is 0 Å². The third-order valence-electron chi connectivity index (χ3n) is 4.05. The van der Waals surface area contributed by atoms with Crippen molar-refractivity contribution in [3.05, 3.63) is 22.7 Å². The van der Waals surface area contributed by atoms with Crippen LogP contribution >= 0.6 is 0 Å². The summed E-state index contributed by atoms with van der Waals surface area (Å²) in [6.45, 7) is 2.06. The van der Waals surface area contributed by atoms with E-state index in [0.29, 0.717) is 6.42 Å². The molecule has 0 aliphatic carbocycles. The van der Waals surface area contributed by atoms with Crippen LogP contribution < -0.4 is 11.0 Å². The lowest BCUT2D eigenvalue weighted by Crippen LogP contribution is -2.29. The fourth-order valence-corrected chi connectivity index (χ4v) is 2.66. The lowest BCUT2D eigenvalue weighted by atomic mass is 10.1. The van der Waals surface area contributed by atoms with Crippen LogP contribution in [0.15, 0.2) is 17.1 Å². The highest BCUT2D eigenvalue weighted by Gasteiger charge is 2.27. The van der Waals surface area contributed by atoms with E-state index in [1.807, 2.05) is 0 Å². The van der Waals surface area contributed by atoms with Gasteiger partial charge in [0.2, 0.25) is 5.91 Å². The van der Waals surface area contributed by atoms with Crippen molar-refractivity contribution in [3.8, 4) is 0 Å². The van der Waals surface area contributed by atoms with Crippen molar-refractivity contribution in [2.24, 2.45) is 0 Å². The van der Waals surface area contributed by atoms with E-state index in [1.165, 1.54) is 30.0 Å². The molecule has 1 fully saturated rings. The number of amides is 1. The highest BCUT2D eigenvalue weighted by molar-refractivity contribution is 5.89. The third kappa shape index (κ3) is 6.22. The van der Waals surface area contributed by atoms with E-state index in [0.717, 1.165) is 19.3 Å². The van der Waals surface area contributed by atoms with Gasteiger partial charge in [0.25, 0.3) is 0 Å². The molecule has 1 amide bonds. The van der Waals surface area contributed by atoms with Crippen LogP contribution in [0.1, 0.15) is 58.1 Å². The SMILES string of the molecule is CCCCCCCCC(=O)Nc1ccn([C@@H]2CO[C@H](CO)O2)c(=O)n1. The topological polar surface area (TPSA) is 103 Å². The lowest BCUT2D eigenvalue weighted by Gasteiger charge is -2.12. The van der Waals surface area contributed by atoms with E-state index in [2.05, 4.69) is 17.2 Å². The van der Waals surface area contributed by atoms with Gasteiger partial charge in [0.05, 0.1) is 13.2 Å². The number of unbranched alkanes of at least 4 members (excludes halogenated alkanes) is 5. The fourth-order valence-electron chi connectivity index (χ4n) is 2.66. The molecule has 1 aromatic rings. The van der Waals surface area contributed by atoms with Crippen LogP contribution in [0.25, 0.3) is 0 Å². The number of nitrogens with one attached hydrogen (secondary N) is 1. The first kappa shape index (κ1) is 19.6. The van der Waals surface area contributed by atoms with Gasteiger partial charge in [0.1, 0.15) is 5.82 Å². The zero-order chi connectivity index (χ0) is 18.1. The van der Waals surface area contributed by atoms with Gasteiger partial charge in [0, 0.05) is 12.6 Å². The van der Waals surface area contributed by atoms with Crippen molar-refractivity contribution in [3.63, 3.8) is 0 Å². The van der Waals surface area contributed by atoms with Crippen molar-refractivity contribution < 1.29 is 19.4 Å². The Kier molecular flexibility index (Phi) is 8.03. The second-order valence-corrected chi connectivity index (χ2v) is 6.10. The first-order chi connectivity index (χ1) is 12.1. The molecule has 0 radical (unpaired) electrons. The molecule has 0 saturated carbocycles. The van der Waals surface area contributed by atoms with Gasteiger partial charge >= 0.3 is 5.69 Å². The molecule has 1 aliphatic rings. The molecular weight excluding hydrogens is 326 g/mol. The maximum absolute atomic E-state index is 12.1. The first-order valence-corrected chi connectivity index (χ1v) is 8.91. The molecule has 8 heteroatoms. The molecule has 2 N–H and O–H groups in total. The van der Waals surface area contributed by atoms with Gasteiger partial charge in [-0.1, -0.05) is 39.0 Å². The van der Waals surface area contributed by atoms with Crippen molar-refractivity contribution >= 4 is 11.7 Å². The molecule has 1 aliphatic heterocycles. The average molecular weight is 353 g/mol. The quantitative estimate of drug-likeness (QED) is 0.622. The number of carbonyl (C=O) groups excluding carboxylic acids is 1. The van der Waals surface area contributed by atoms with Crippen LogP contribution in [0.2, 0.25) is 0 Å². The highest BCUT2D eigenvalue weighted by Crippen LogP contribution is 2.19. The minimum atomic E-state index is -0.728. The number of carbonyl (C=O) groups is 1. The van der Waals surface area contributed by atoms with Crippen LogP contribution in [0.3, 0.4) is 0 Å². The van der Waals surface area contributed by atoms with E-state index in [-0.39, 0.29) is 24.9 Å². The zero-order valence-corrected chi connectivity index (χ0v) is 14.6. The van der Waals surface area contributed by atoms with Gasteiger partial charge in [-0.25, -0.2) is 4.79 Å². The number of hydrogen-bond donors (Lipinski definition) is 2. The van der Waals surface area contributed by atoms with Crippen LogP contribution in [0, 0.1) is 0 Å². The van der Waals surface area contributed by atoms with Gasteiger partial charge in [-0.05, 0) is 12.5 Å². The molecule has 0 bridgehead atoms. The predicted octanol–water partition coefficient (Wildman–Crippen LogP) is 1.80. The molecule has 1 saturated heterocycles. The van der Waals surface area contributed by atoms with Crippen molar-refractivity contribution in [2.45, 2.75) is 64.4 Å². The van der Waals surface area contributed by atoms with Crippen LogP contribution in [-0.2, 0) is 14.3 Å².